The number of nitrogens with zero attached hydrogens (tertiary/aromatic N) is 2. The van der Waals surface area contributed by atoms with E-state index in [1.165, 1.54) is 11.1 Å². The second kappa shape index (κ2) is 7.79. The number of amides is 2. The molecule has 5 nitrogen and oxygen atoms in total. The maximum atomic E-state index is 12.4. The quantitative estimate of drug-likeness (QED) is 0.887. The normalized spacial score (nSPS) is 21.8. The van der Waals surface area contributed by atoms with Crippen molar-refractivity contribution in [2.24, 2.45) is 0 Å². The highest BCUT2D eigenvalue weighted by atomic mass is 16.2. The Bertz CT molecular complexity index is 577. The van der Waals surface area contributed by atoms with Gasteiger partial charge >= 0.3 is 0 Å². The van der Waals surface area contributed by atoms with Crippen LogP contribution in [0.4, 0.5) is 0 Å². The third kappa shape index (κ3) is 4.35. The molecule has 0 aliphatic carbocycles. The standard InChI is InChI=1S/C19H27N3O2/c1-15-4-6-16(7-5-15)3-2-10-21-11-13-22(14-12-21)19(24)17-8-9-18(23)20-17/h4-7,17H,2-3,8-14H2,1H3,(H,20,23). The van der Waals surface area contributed by atoms with Crippen LogP contribution in [0, 0.1) is 6.92 Å². The molecule has 2 aliphatic rings. The molecule has 24 heavy (non-hydrogen) atoms. The average Bonchev–Trinajstić information content (AvgIpc) is 3.03. The third-order valence-electron chi connectivity index (χ3n) is 5.04. The number of nitrogens with one attached hydrogen (secondary N) is 1. The predicted molar refractivity (Wildman–Crippen MR) is 93.7 cm³/mol. The van der Waals surface area contributed by atoms with Crippen LogP contribution in [0.25, 0.3) is 0 Å². The molecule has 1 aromatic carbocycles. The Labute approximate surface area is 144 Å². The van der Waals surface area contributed by atoms with Crippen LogP contribution in [0.2, 0.25) is 0 Å². The molecule has 0 aromatic heterocycles. The van der Waals surface area contributed by atoms with Gasteiger partial charge in [-0.15, -0.1) is 0 Å². The molecule has 2 aliphatic heterocycles. The highest BCUT2D eigenvalue weighted by Crippen LogP contribution is 2.13. The van der Waals surface area contributed by atoms with E-state index in [9.17, 15) is 9.59 Å². The van der Waals surface area contributed by atoms with E-state index < -0.39 is 0 Å². The fourth-order valence-electron chi connectivity index (χ4n) is 3.47. The molecule has 2 saturated heterocycles. The summed E-state index contributed by atoms with van der Waals surface area (Å²) in [5.41, 5.74) is 2.70. The molecule has 5 heteroatoms. The van der Waals surface area contributed by atoms with E-state index in [0.717, 1.165) is 45.6 Å². The van der Waals surface area contributed by atoms with Crippen LogP contribution in [0.1, 0.15) is 30.4 Å². The summed E-state index contributed by atoms with van der Waals surface area (Å²) in [6.45, 7) is 6.60. The van der Waals surface area contributed by atoms with E-state index in [1.807, 2.05) is 4.90 Å². The lowest BCUT2D eigenvalue weighted by Crippen LogP contribution is -2.53. The smallest absolute Gasteiger partial charge is 0.245 e. The first kappa shape index (κ1) is 17.0. The van der Waals surface area contributed by atoms with Gasteiger partial charge in [-0.1, -0.05) is 29.8 Å². The topological polar surface area (TPSA) is 52.7 Å². The van der Waals surface area contributed by atoms with Crippen LogP contribution < -0.4 is 5.32 Å². The molecular weight excluding hydrogens is 302 g/mol. The van der Waals surface area contributed by atoms with Gasteiger partial charge in [0.05, 0.1) is 0 Å². The monoisotopic (exact) mass is 329 g/mol. The first-order valence-electron chi connectivity index (χ1n) is 8.98. The van der Waals surface area contributed by atoms with Crippen molar-refractivity contribution in [1.82, 2.24) is 15.1 Å². The molecule has 130 valence electrons. The average molecular weight is 329 g/mol. The molecule has 3 rings (SSSR count). The van der Waals surface area contributed by atoms with Gasteiger partial charge in [-0.05, 0) is 38.3 Å². The van der Waals surface area contributed by atoms with Gasteiger partial charge in [0.25, 0.3) is 0 Å². The summed E-state index contributed by atoms with van der Waals surface area (Å²) in [6, 6.07) is 8.47. The number of carbonyl (C=O) groups is 2. The second-order valence-electron chi connectivity index (χ2n) is 6.91. The lowest BCUT2D eigenvalue weighted by Gasteiger charge is -2.35. The van der Waals surface area contributed by atoms with Gasteiger partial charge in [0.2, 0.25) is 11.8 Å². The summed E-state index contributed by atoms with van der Waals surface area (Å²) in [6.07, 6.45) is 3.38. The van der Waals surface area contributed by atoms with Crippen LogP contribution in [0.3, 0.4) is 0 Å². The molecule has 0 spiro atoms. The Balaban J connectivity index is 1.36. The molecule has 1 atom stereocenters. The number of benzene rings is 1. The van der Waals surface area contributed by atoms with Crippen molar-refractivity contribution >= 4 is 11.8 Å². The number of rotatable bonds is 5. The Morgan fingerprint density at radius 1 is 1.17 bits per heavy atom. The Morgan fingerprint density at radius 3 is 2.50 bits per heavy atom. The molecule has 1 aromatic rings. The minimum absolute atomic E-state index is 0.00286. The zero-order valence-electron chi connectivity index (χ0n) is 14.5. The highest BCUT2D eigenvalue weighted by molar-refractivity contribution is 5.90. The van der Waals surface area contributed by atoms with Gasteiger partial charge in [-0.25, -0.2) is 0 Å². The van der Waals surface area contributed by atoms with Crippen LogP contribution in [0.5, 0.6) is 0 Å². The first-order chi connectivity index (χ1) is 11.6. The number of hydrogen-bond donors (Lipinski definition) is 1. The summed E-state index contributed by atoms with van der Waals surface area (Å²) in [4.78, 5) is 28.0. The Kier molecular flexibility index (Phi) is 5.51. The molecule has 1 N–H and O–H groups in total. The molecule has 0 bridgehead atoms. The van der Waals surface area contributed by atoms with E-state index in [-0.39, 0.29) is 17.9 Å². The molecule has 1 unspecified atom stereocenters. The highest BCUT2D eigenvalue weighted by Gasteiger charge is 2.32. The summed E-state index contributed by atoms with van der Waals surface area (Å²) < 4.78 is 0. The van der Waals surface area contributed by atoms with Gasteiger partial charge in [0, 0.05) is 32.6 Å². The van der Waals surface area contributed by atoms with Crippen LogP contribution in [-0.4, -0.2) is 60.4 Å². The van der Waals surface area contributed by atoms with Crippen molar-refractivity contribution < 1.29 is 9.59 Å². The Morgan fingerprint density at radius 2 is 1.88 bits per heavy atom. The van der Waals surface area contributed by atoms with E-state index in [2.05, 4.69) is 41.4 Å². The van der Waals surface area contributed by atoms with E-state index in [1.54, 1.807) is 0 Å². The van der Waals surface area contributed by atoms with Gasteiger partial charge in [0.15, 0.2) is 0 Å². The summed E-state index contributed by atoms with van der Waals surface area (Å²) in [5.74, 6) is 0.100. The zero-order valence-corrected chi connectivity index (χ0v) is 14.5. The maximum absolute atomic E-state index is 12.4. The maximum Gasteiger partial charge on any atom is 0.245 e. The predicted octanol–water partition coefficient (Wildman–Crippen LogP) is 1.35. The number of carbonyl (C=O) groups excluding carboxylic acids is 2. The lowest BCUT2D eigenvalue weighted by atomic mass is 10.1. The third-order valence-corrected chi connectivity index (χ3v) is 5.04. The molecule has 2 fully saturated rings. The SMILES string of the molecule is Cc1ccc(CCCN2CCN(C(=O)C3CCC(=O)N3)CC2)cc1. The van der Waals surface area contributed by atoms with E-state index in [0.29, 0.717) is 12.8 Å². The van der Waals surface area contributed by atoms with Gasteiger partial charge in [0.1, 0.15) is 6.04 Å². The molecule has 0 saturated carbocycles. The second-order valence-corrected chi connectivity index (χ2v) is 6.91. The zero-order chi connectivity index (χ0) is 16.9. The van der Waals surface area contributed by atoms with Crippen molar-refractivity contribution in [2.75, 3.05) is 32.7 Å². The van der Waals surface area contributed by atoms with Crippen LogP contribution in [0.15, 0.2) is 24.3 Å². The minimum Gasteiger partial charge on any atom is -0.344 e. The summed E-state index contributed by atoms with van der Waals surface area (Å²) >= 11 is 0. The fraction of sp³-hybridized carbons (Fsp3) is 0.579. The first-order valence-corrected chi connectivity index (χ1v) is 8.98. The molecule has 0 radical (unpaired) electrons. The lowest BCUT2D eigenvalue weighted by molar-refractivity contribution is -0.136. The van der Waals surface area contributed by atoms with Crippen molar-refractivity contribution in [2.45, 2.75) is 38.6 Å². The van der Waals surface area contributed by atoms with Crippen molar-refractivity contribution in [3.8, 4) is 0 Å². The van der Waals surface area contributed by atoms with Crippen LogP contribution >= 0.6 is 0 Å². The summed E-state index contributed by atoms with van der Waals surface area (Å²) in [5, 5.41) is 2.77. The molecule has 2 heterocycles. The van der Waals surface area contributed by atoms with Crippen molar-refractivity contribution in [1.29, 1.82) is 0 Å². The molecular formula is C19H27N3O2. The van der Waals surface area contributed by atoms with Crippen molar-refractivity contribution in [3.05, 3.63) is 35.4 Å². The fourth-order valence-corrected chi connectivity index (χ4v) is 3.47. The van der Waals surface area contributed by atoms with Gasteiger partial charge < -0.3 is 10.2 Å². The minimum atomic E-state index is -0.286. The van der Waals surface area contributed by atoms with Gasteiger partial charge in [-0.2, -0.15) is 0 Å². The number of hydrogen-bond acceptors (Lipinski definition) is 3. The van der Waals surface area contributed by atoms with E-state index >= 15 is 0 Å². The number of piperazine rings is 1. The van der Waals surface area contributed by atoms with Gasteiger partial charge in [-0.3, -0.25) is 14.5 Å². The number of aryl methyl sites for hydroxylation is 2. The van der Waals surface area contributed by atoms with Crippen LogP contribution in [-0.2, 0) is 16.0 Å². The molecule has 2 amide bonds. The van der Waals surface area contributed by atoms with Crippen molar-refractivity contribution in [3.63, 3.8) is 0 Å². The Hall–Kier alpha value is -1.88. The van der Waals surface area contributed by atoms with E-state index in [4.69, 9.17) is 0 Å². The summed E-state index contributed by atoms with van der Waals surface area (Å²) in [7, 11) is 0. The largest absolute Gasteiger partial charge is 0.344 e.